The molecule has 2 aromatic carbocycles. The van der Waals surface area contributed by atoms with Crippen molar-refractivity contribution in [3.63, 3.8) is 0 Å². The Morgan fingerprint density at radius 3 is 2.44 bits per heavy atom. The van der Waals surface area contributed by atoms with Gasteiger partial charge in [0, 0.05) is 60.2 Å². The van der Waals surface area contributed by atoms with E-state index in [0.717, 1.165) is 57.2 Å². The molecule has 2 amide bonds. The Labute approximate surface area is 188 Å². The van der Waals surface area contributed by atoms with Gasteiger partial charge in [-0.1, -0.05) is 55.7 Å². The van der Waals surface area contributed by atoms with Crippen LogP contribution in [0, 0.1) is 0 Å². The number of hydrogen-bond acceptors (Lipinski definition) is 3. The molecule has 0 saturated heterocycles. The van der Waals surface area contributed by atoms with Gasteiger partial charge in [0.05, 0.1) is 0 Å². The molecule has 0 aliphatic carbocycles. The van der Waals surface area contributed by atoms with Crippen LogP contribution < -0.4 is 5.48 Å². The van der Waals surface area contributed by atoms with Gasteiger partial charge in [-0.25, -0.2) is 5.48 Å². The quantitative estimate of drug-likeness (QED) is 0.292. The number of nitrogens with one attached hydrogen (secondary N) is 1. The standard InChI is InChI=1S/C26H31N3O3/c30-25(27-32)15-7-2-1-3-10-17-29-23-14-9-8-13-21(23)22-19-28(18-16-24(22)29)26(31)20-11-5-4-6-12-20/h4-6,8-9,11-14,32H,1-3,7,10,15-19H2,(H,27,30). The fourth-order valence-corrected chi connectivity index (χ4v) is 4.73. The van der Waals surface area contributed by atoms with Crippen molar-refractivity contribution >= 4 is 22.7 Å². The number of fused-ring (bicyclic) bond motifs is 3. The summed E-state index contributed by atoms with van der Waals surface area (Å²) in [4.78, 5) is 26.0. The van der Waals surface area contributed by atoms with Gasteiger partial charge in [0.1, 0.15) is 0 Å². The Bertz CT molecular complexity index is 1070. The molecule has 2 N–H and O–H groups in total. The van der Waals surface area contributed by atoms with Crippen LogP contribution in [0.4, 0.5) is 0 Å². The van der Waals surface area contributed by atoms with Gasteiger partial charge >= 0.3 is 0 Å². The maximum absolute atomic E-state index is 13.0. The Morgan fingerprint density at radius 2 is 1.62 bits per heavy atom. The molecule has 0 radical (unpaired) electrons. The maximum atomic E-state index is 13.0. The Kier molecular flexibility index (Phi) is 7.22. The van der Waals surface area contributed by atoms with E-state index in [4.69, 9.17) is 5.21 Å². The number of benzene rings is 2. The van der Waals surface area contributed by atoms with Crippen LogP contribution in [0.25, 0.3) is 10.9 Å². The Morgan fingerprint density at radius 1 is 0.906 bits per heavy atom. The van der Waals surface area contributed by atoms with E-state index >= 15 is 0 Å². The summed E-state index contributed by atoms with van der Waals surface area (Å²) in [5, 5.41) is 9.80. The van der Waals surface area contributed by atoms with Crippen LogP contribution in [-0.4, -0.2) is 33.0 Å². The SMILES string of the molecule is O=C(CCCCCCCn1c2c(c3ccccc31)CN(C(=O)c1ccccc1)CC2)NO. The number of aromatic nitrogens is 1. The second kappa shape index (κ2) is 10.5. The van der Waals surface area contributed by atoms with Gasteiger partial charge in [-0.2, -0.15) is 0 Å². The number of carbonyl (C=O) groups is 2. The minimum atomic E-state index is -0.310. The molecule has 4 rings (SSSR count). The van der Waals surface area contributed by atoms with E-state index in [-0.39, 0.29) is 11.8 Å². The van der Waals surface area contributed by atoms with Crippen molar-refractivity contribution < 1.29 is 14.8 Å². The molecule has 0 unspecified atom stereocenters. The molecule has 0 bridgehead atoms. The zero-order valence-electron chi connectivity index (χ0n) is 18.4. The number of rotatable bonds is 9. The van der Waals surface area contributed by atoms with E-state index in [0.29, 0.717) is 13.0 Å². The van der Waals surface area contributed by atoms with Crippen molar-refractivity contribution in [1.82, 2.24) is 14.9 Å². The fraction of sp³-hybridized carbons (Fsp3) is 0.385. The molecular formula is C26H31N3O3. The highest BCUT2D eigenvalue weighted by Gasteiger charge is 2.26. The molecule has 3 aromatic rings. The van der Waals surface area contributed by atoms with Crippen LogP contribution in [0.5, 0.6) is 0 Å². The lowest BCUT2D eigenvalue weighted by Gasteiger charge is -2.28. The average Bonchev–Trinajstić information content (AvgIpc) is 3.16. The van der Waals surface area contributed by atoms with Gasteiger partial charge in [-0.05, 0) is 31.0 Å². The van der Waals surface area contributed by atoms with Crippen molar-refractivity contribution in [1.29, 1.82) is 0 Å². The third-order valence-electron chi connectivity index (χ3n) is 6.38. The minimum absolute atomic E-state index is 0.1000. The van der Waals surface area contributed by atoms with Crippen molar-refractivity contribution in [3.8, 4) is 0 Å². The largest absolute Gasteiger partial charge is 0.344 e. The second-order valence-electron chi connectivity index (χ2n) is 8.49. The highest BCUT2D eigenvalue weighted by molar-refractivity contribution is 5.95. The highest BCUT2D eigenvalue weighted by Crippen LogP contribution is 2.32. The molecule has 1 aliphatic rings. The molecule has 0 saturated carbocycles. The topological polar surface area (TPSA) is 74.6 Å². The number of unbranched alkanes of at least 4 members (excludes halogenated alkanes) is 4. The summed E-state index contributed by atoms with van der Waals surface area (Å²) in [5.41, 5.74) is 6.33. The summed E-state index contributed by atoms with van der Waals surface area (Å²) in [6.07, 6.45) is 6.33. The predicted octanol–water partition coefficient (Wildman–Crippen LogP) is 4.69. The summed E-state index contributed by atoms with van der Waals surface area (Å²) in [7, 11) is 0. The molecule has 32 heavy (non-hydrogen) atoms. The van der Waals surface area contributed by atoms with Gasteiger partial charge in [0.15, 0.2) is 0 Å². The fourth-order valence-electron chi connectivity index (χ4n) is 4.73. The number of hydrogen-bond donors (Lipinski definition) is 2. The monoisotopic (exact) mass is 433 g/mol. The summed E-state index contributed by atoms with van der Waals surface area (Å²) in [6, 6.07) is 18.1. The molecule has 6 heteroatoms. The van der Waals surface area contributed by atoms with E-state index < -0.39 is 0 Å². The lowest BCUT2D eigenvalue weighted by atomic mass is 10.0. The highest BCUT2D eigenvalue weighted by atomic mass is 16.5. The molecule has 1 aliphatic heterocycles. The number of para-hydroxylation sites is 1. The van der Waals surface area contributed by atoms with Gasteiger partial charge in [0.2, 0.25) is 5.91 Å². The van der Waals surface area contributed by atoms with Gasteiger partial charge in [-0.3, -0.25) is 14.8 Å². The lowest BCUT2D eigenvalue weighted by Crippen LogP contribution is -2.36. The summed E-state index contributed by atoms with van der Waals surface area (Å²) < 4.78 is 2.45. The van der Waals surface area contributed by atoms with E-state index in [9.17, 15) is 9.59 Å². The van der Waals surface area contributed by atoms with Crippen molar-refractivity contribution in [2.24, 2.45) is 0 Å². The molecule has 6 nitrogen and oxygen atoms in total. The molecule has 0 atom stereocenters. The first kappa shape index (κ1) is 22.1. The molecule has 1 aromatic heterocycles. The maximum Gasteiger partial charge on any atom is 0.254 e. The summed E-state index contributed by atoms with van der Waals surface area (Å²) in [5.74, 6) is -0.210. The zero-order valence-corrected chi connectivity index (χ0v) is 18.4. The van der Waals surface area contributed by atoms with E-state index in [1.807, 2.05) is 35.2 Å². The third kappa shape index (κ3) is 4.86. The van der Waals surface area contributed by atoms with Crippen LogP contribution in [0.2, 0.25) is 0 Å². The van der Waals surface area contributed by atoms with Crippen LogP contribution in [0.15, 0.2) is 54.6 Å². The molecular weight excluding hydrogens is 402 g/mol. The molecule has 168 valence electrons. The van der Waals surface area contributed by atoms with Gasteiger partial charge in [-0.15, -0.1) is 0 Å². The number of hydroxylamine groups is 1. The number of amides is 2. The molecule has 0 spiro atoms. The number of aryl methyl sites for hydroxylation is 1. The third-order valence-corrected chi connectivity index (χ3v) is 6.38. The summed E-state index contributed by atoms with van der Waals surface area (Å²) in [6.45, 7) is 2.37. The van der Waals surface area contributed by atoms with Crippen LogP contribution >= 0.6 is 0 Å². The number of carbonyl (C=O) groups excluding carboxylic acids is 2. The first-order valence-corrected chi connectivity index (χ1v) is 11.6. The Hall–Kier alpha value is -3.12. The average molecular weight is 434 g/mol. The van der Waals surface area contributed by atoms with Crippen LogP contribution in [-0.2, 0) is 24.3 Å². The van der Waals surface area contributed by atoms with E-state index in [1.54, 1.807) is 5.48 Å². The predicted molar refractivity (Wildman–Crippen MR) is 124 cm³/mol. The van der Waals surface area contributed by atoms with Gasteiger partial charge < -0.3 is 9.47 Å². The number of nitrogens with zero attached hydrogens (tertiary/aromatic N) is 2. The second-order valence-corrected chi connectivity index (χ2v) is 8.49. The van der Waals surface area contributed by atoms with Crippen LogP contribution in [0.1, 0.15) is 60.1 Å². The first-order chi connectivity index (χ1) is 15.7. The van der Waals surface area contributed by atoms with Crippen molar-refractivity contribution in [2.45, 2.75) is 58.0 Å². The van der Waals surface area contributed by atoms with Crippen molar-refractivity contribution in [3.05, 3.63) is 71.4 Å². The zero-order chi connectivity index (χ0) is 22.3. The minimum Gasteiger partial charge on any atom is -0.344 e. The van der Waals surface area contributed by atoms with Gasteiger partial charge in [0.25, 0.3) is 5.91 Å². The smallest absolute Gasteiger partial charge is 0.254 e. The molecule has 2 heterocycles. The van der Waals surface area contributed by atoms with Crippen LogP contribution in [0.3, 0.4) is 0 Å². The van der Waals surface area contributed by atoms with Crippen molar-refractivity contribution in [2.75, 3.05) is 6.54 Å². The first-order valence-electron chi connectivity index (χ1n) is 11.6. The normalized spacial score (nSPS) is 13.2. The van der Waals surface area contributed by atoms with E-state index in [1.165, 1.54) is 22.2 Å². The lowest BCUT2D eigenvalue weighted by molar-refractivity contribution is -0.129. The van der Waals surface area contributed by atoms with E-state index in [2.05, 4.69) is 28.8 Å². The summed E-state index contributed by atoms with van der Waals surface area (Å²) >= 11 is 0. The Balaban J connectivity index is 1.41. The molecule has 0 fully saturated rings.